The second kappa shape index (κ2) is 8.80. The Bertz CT molecular complexity index is 1050. The highest BCUT2D eigenvalue weighted by atomic mass is 16.6. The lowest BCUT2D eigenvalue weighted by atomic mass is 10.1. The average molecular weight is 411 g/mol. The molecule has 1 saturated heterocycles. The maximum absolute atomic E-state index is 13.0. The molecule has 0 spiro atoms. The van der Waals surface area contributed by atoms with E-state index in [-0.39, 0.29) is 17.3 Å². The van der Waals surface area contributed by atoms with Gasteiger partial charge in [0.05, 0.1) is 19.4 Å². The predicted octanol–water partition coefficient (Wildman–Crippen LogP) is 0.137. The van der Waals surface area contributed by atoms with Gasteiger partial charge in [-0.3, -0.25) is 9.69 Å². The molecule has 0 saturated carbocycles. The van der Waals surface area contributed by atoms with Crippen LogP contribution in [0.2, 0.25) is 0 Å². The minimum Gasteiger partial charge on any atom is -0.379 e. The van der Waals surface area contributed by atoms with Crippen molar-refractivity contribution in [2.45, 2.75) is 13.5 Å². The molecule has 2 aromatic heterocycles. The van der Waals surface area contributed by atoms with Crippen molar-refractivity contribution in [1.29, 1.82) is 0 Å². The number of ether oxygens (including phenoxy) is 1. The van der Waals surface area contributed by atoms with E-state index in [9.17, 15) is 4.79 Å². The Morgan fingerprint density at radius 2 is 2.10 bits per heavy atom. The van der Waals surface area contributed by atoms with Gasteiger partial charge in [-0.15, -0.1) is 5.10 Å². The van der Waals surface area contributed by atoms with E-state index in [0.29, 0.717) is 25.5 Å². The van der Waals surface area contributed by atoms with Crippen molar-refractivity contribution in [1.82, 2.24) is 35.6 Å². The molecule has 3 heterocycles. The number of nitrogens with one attached hydrogen (secondary N) is 1. The lowest BCUT2D eigenvalue weighted by Crippen LogP contribution is -2.36. The highest BCUT2D eigenvalue weighted by molar-refractivity contribution is 5.95. The molecule has 1 fully saturated rings. The van der Waals surface area contributed by atoms with Crippen molar-refractivity contribution in [3.8, 4) is 5.82 Å². The number of aromatic nitrogens is 5. The molecule has 0 bridgehead atoms. The maximum Gasteiger partial charge on any atom is 0.292 e. The monoisotopic (exact) mass is 411 g/mol. The Morgan fingerprint density at radius 3 is 2.83 bits per heavy atom. The molecule has 3 N–H and O–H groups in total. The van der Waals surface area contributed by atoms with Crippen LogP contribution in [0.25, 0.3) is 5.82 Å². The van der Waals surface area contributed by atoms with Crippen LogP contribution in [0.1, 0.15) is 27.3 Å². The molecular formula is C18H21N9O3. The van der Waals surface area contributed by atoms with Crippen LogP contribution in [-0.4, -0.2) is 68.6 Å². The van der Waals surface area contributed by atoms with Gasteiger partial charge in [0.2, 0.25) is 11.6 Å². The van der Waals surface area contributed by atoms with Gasteiger partial charge in [-0.05, 0) is 28.4 Å². The number of carbonyl (C=O) groups excluding carboxylic acids is 1. The predicted molar refractivity (Wildman–Crippen MR) is 106 cm³/mol. The molecule has 0 unspecified atom stereocenters. The topological polar surface area (TPSA) is 150 Å². The number of morpholine rings is 1. The molecule has 0 aliphatic carbocycles. The highest BCUT2D eigenvalue weighted by Gasteiger charge is 2.26. The fourth-order valence-electron chi connectivity index (χ4n) is 3.05. The lowest BCUT2D eigenvalue weighted by Gasteiger charge is -2.25. The van der Waals surface area contributed by atoms with Crippen LogP contribution in [0.3, 0.4) is 0 Å². The number of hydrogen-bond acceptors (Lipinski definition) is 10. The molecule has 3 aromatic rings. The van der Waals surface area contributed by atoms with E-state index in [1.807, 2.05) is 31.2 Å². The van der Waals surface area contributed by atoms with Gasteiger partial charge in [-0.25, -0.2) is 10.1 Å². The summed E-state index contributed by atoms with van der Waals surface area (Å²) < 4.78 is 11.2. The van der Waals surface area contributed by atoms with Crippen molar-refractivity contribution in [3.63, 3.8) is 0 Å². The van der Waals surface area contributed by atoms with Crippen LogP contribution >= 0.6 is 0 Å². The first-order valence-electron chi connectivity index (χ1n) is 9.35. The van der Waals surface area contributed by atoms with Crippen LogP contribution in [0, 0.1) is 6.92 Å². The number of aryl methyl sites for hydroxylation is 1. The smallest absolute Gasteiger partial charge is 0.292 e. The molecule has 1 amide bonds. The number of benzene rings is 1. The third kappa shape index (κ3) is 4.18. The molecule has 12 heteroatoms. The zero-order chi connectivity index (χ0) is 20.9. The molecule has 1 aliphatic rings. The van der Waals surface area contributed by atoms with Gasteiger partial charge in [0.25, 0.3) is 5.91 Å². The van der Waals surface area contributed by atoms with Crippen molar-refractivity contribution in [2.24, 2.45) is 5.10 Å². The van der Waals surface area contributed by atoms with E-state index in [2.05, 4.69) is 40.7 Å². The summed E-state index contributed by atoms with van der Waals surface area (Å²) in [6, 6.07) is 7.70. The first-order valence-corrected chi connectivity index (χ1v) is 9.35. The summed E-state index contributed by atoms with van der Waals surface area (Å²) in [7, 11) is 0. The summed E-state index contributed by atoms with van der Waals surface area (Å²) in [4.78, 5) is 15.1. The number of amides is 1. The molecule has 12 nitrogen and oxygen atoms in total. The summed E-state index contributed by atoms with van der Waals surface area (Å²) >= 11 is 0. The Kier molecular flexibility index (Phi) is 5.77. The highest BCUT2D eigenvalue weighted by Crippen LogP contribution is 2.17. The van der Waals surface area contributed by atoms with Gasteiger partial charge in [-0.1, -0.05) is 29.5 Å². The number of carbonyl (C=O) groups is 1. The van der Waals surface area contributed by atoms with Crippen LogP contribution < -0.4 is 11.2 Å². The summed E-state index contributed by atoms with van der Waals surface area (Å²) in [5.74, 6) is -0.422. The van der Waals surface area contributed by atoms with E-state index in [0.717, 1.165) is 24.2 Å². The third-order valence-electron chi connectivity index (χ3n) is 4.69. The minimum absolute atomic E-state index is 0.00437. The lowest BCUT2D eigenvalue weighted by molar-refractivity contribution is 0.0335. The first-order chi connectivity index (χ1) is 14.6. The van der Waals surface area contributed by atoms with Crippen molar-refractivity contribution in [2.75, 3.05) is 32.0 Å². The largest absolute Gasteiger partial charge is 0.379 e. The van der Waals surface area contributed by atoms with Crippen molar-refractivity contribution < 1.29 is 14.2 Å². The van der Waals surface area contributed by atoms with Crippen molar-refractivity contribution >= 4 is 17.9 Å². The molecular weight excluding hydrogens is 390 g/mol. The van der Waals surface area contributed by atoms with Crippen LogP contribution in [0.4, 0.5) is 5.82 Å². The van der Waals surface area contributed by atoms with Gasteiger partial charge in [0.15, 0.2) is 5.69 Å². The van der Waals surface area contributed by atoms with Gasteiger partial charge in [0.1, 0.15) is 5.69 Å². The fraction of sp³-hybridized carbons (Fsp3) is 0.333. The average Bonchev–Trinajstić information content (AvgIpc) is 3.36. The quantitative estimate of drug-likeness (QED) is 0.426. The number of nitrogen functional groups attached to an aromatic ring is 1. The summed E-state index contributed by atoms with van der Waals surface area (Å²) in [6.45, 7) is 5.08. The molecule has 0 atom stereocenters. The van der Waals surface area contributed by atoms with E-state index in [4.69, 9.17) is 10.5 Å². The molecule has 4 rings (SSSR count). The van der Waals surface area contributed by atoms with E-state index < -0.39 is 5.91 Å². The summed E-state index contributed by atoms with van der Waals surface area (Å²) in [5.41, 5.74) is 10.9. The third-order valence-corrected chi connectivity index (χ3v) is 4.69. The Balaban J connectivity index is 1.60. The summed E-state index contributed by atoms with van der Waals surface area (Å²) in [5, 5.41) is 19.5. The number of anilines is 1. The van der Waals surface area contributed by atoms with Crippen LogP contribution in [0.5, 0.6) is 0 Å². The second-order valence-corrected chi connectivity index (χ2v) is 6.71. The van der Waals surface area contributed by atoms with Crippen LogP contribution in [0.15, 0.2) is 34.0 Å². The van der Waals surface area contributed by atoms with Gasteiger partial charge < -0.3 is 10.5 Å². The first kappa shape index (κ1) is 19.7. The summed E-state index contributed by atoms with van der Waals surface area (Å²) in [6.07, 6.45) is 1.58. The van der Waals surface area contributed by atoms with Crippen LogP contribution in [-0.2, 0) is 11.3 Å². The standard InChI is InChI=1S/C18H21N9O3/c1-12-4-2-3-5-13(12)10-20-22-18(28)15-14(11-26-6-8-29-9-7-26)21-25-27(15)17-16(19)23-30-24-17/h2-5,10H,6-9,11H2,1H3,(H2,19,23)(H,22,28). The number of nitrogens with zero attached hydrogens (tertiary/aromatic N) is 7. The van der Waals surface area contributed by atoms with Gasteiger partial charge >= 0.3 is 0 Å². The maximum atomic E-state index is 13.0. The van der Waals surface area contributed by atoms with E-state index in [1.165, 1.54) is 4.68 Å². The Morgan fingerprint density at radius 1 is 1.30 bits per heavy atom. The number of hydrogen-bond donors (Lipinski definition) is 2. The molecule has 0 radical (unpaired) electrons. The molecule has 1 aliphatic heterocycles. The van der Waals surface area contributed by atoms with Crippen molar-refractivity contribution in [3.05, 3.63) is 46.8 Å². The fourth-order valence-corrected chi connectivity index (χ4v) is 3.05. The zero-order valence-corrected chi connectivity index (χ0v) is 16.4. The van der Waals surface area contributed by atoms with E-state index >= 15 is 0 Å². The minimum atomic E-state index is -0.504. The zero-order valence-electron chi connectivity index (χ0n) is 16.4. The SMILES string of the molecule is Cc1ccccc1C=NNC(=O)c1c(CN2CCOCC2)nnn1-c1nonc1N. The normalized spacial score (nSPS) is 15.0. The molecule has 156 valence electrons. The Hall–Kier alpha value is -3.64. The second-order valence-electron chi connectivity index (χ2n) is 6.71. The molecule has 30 heavy (non-hydrogen) atoms. The van der Waals surface area contributed by atoms with Gasteiger partial charge in [0, 0.05) is 19.6 Å². The number of rotatable bonds is 6. The molecule has 1 aromatic carbocycles. The van der Waals surface area contributed by atoms with Gasteiger partial charge in [-0.2, -0.15) is 9.78 Å². The van der Waals surface area contributed by atoms with E-state index in [1.54, 1.807) is 6.21 Å². The Labute approximate surface area is 171 Å². The number of nitrogens with two attached hydrogens (primary N) is 1. The number of hydrazone groups is 1.